The number of likely N-dealkylation sites (tertiary alicyclic amines) is 1. The number of aromatic nitrogens is 2. The molecule has 152 valence electrons. The third kappa shape index (κ3) is 5.00. The predicted octanol–water partition coefficient (Wildman–Crippen LogP) is 5.05. The molecule has 4 rings (SSSR count). The lowest BCUT2D eigenvalue weighted by Crippen LogP contribution is -2.41. The highest BCUT2D eigenvalue weighted by atomic mass is 32.1. The normalized spacial score (nSPS) is 16.2. The van der Waals surface area contributed by atoms with Gasteiger partial charge in [0, 0.05) is 30.2 Å². The van der Waals surface area contributed by atoms with Crippen LogP contribution in [0.3, 0.4) is 0 Å². The number of piperidine rings is 1. The molecule has 0 saturated carbocycles. The molecule has 1 N–H and O–H groups in total. The van der Waals surface area contributed by atoms with E-state index in [4.69, 9.17) is 0 Å². The Hall–Kier alpha value is -2.31. The van der Waals surface area contributed by atoms with Crippen LogP contribution in [0.25, 0.3) is 21.2 Å². The maximum atomic E-state index is 12.8. The van der Waals surface area contributed by atoms with E-state index in [1.807, 2.05) is 24.0 Å². The summed E-state index contributed by atoms with van der Waals surface area (Å²) in [5.74, 6) is 0.777. The molecule has 1 aliphatic rings. The van der Waals surface area contributed by atoms with E-state index in [0.717, 1.165) is 53.7 Å². The summed E-state index contributed by atoms with van der Waals surface area (Å²) in [7, 11) is 0. The average molecular weight is 409 g/mol. The lowest BCUT2D eigenvalue weighted by molar-refractivity contribution is -0.121. The summed E-state index contributed by atoms with van der Waals surface area (Å²) in [5, 5.41) is 5.18. The van der Waals surface area contributed by atoms with Gasteiger partial charge in [0.05, 0.1) is 10.4 Å². The summed E-state index contributed by atoms with van der Waals surface area (Å²) in [6.07, 6.45) is 5.52. The number of rotatable bonds is 4. The molecule has 0 radical (unpaired) electrons. The van der Waals surface area contributed by atoms with Crippen LogP contribution in [0, 0.1) is 11.3 Å². The number of carbonyl (C=O) groups is 1. The summed E-state index contributed by atoms with van der Waals surface area (Å²) in [5.41, 5.74) is 3.27. The van der Waals surface area contributed by atoms with Crippen LogP contribution in [0.5, 0.6) is 0 Å². The molecule has 1 amide bonds. The van der Waals surface area contributed by atoms with Crippen molar-refractivity contribution in [2.24, 2.45) is 11.3 Å². The van der Waals surface area contributed by atoms with E-state index in [9.17, 15) is 4.79 Å². The van der Waals surface area contributed by atoms with Gasteiger partial charge in [-0.05, 0) is 54.4 Å². The van der Waals surface area contributed by atoms with Crippen molar-refractivity contribution in [1.29, 1.82) is 0 Å². The smallest absolute Gasteiger partial charge is 0.228 e. The molecule has 1 saturated heterocycles. The van der Waals surface area contributed by atoms with Crippen molar-refractivity contribution in [2.75, 3.05) is 25.0 Å². The van der Waals surface area contributed by atoms with E-state index in [1.54, 1.807) is 11.3 Å². The van der Waals surface area contributed by atoms with Crippen LogP contribution >= 0.6 is 11.3 Å². The Kier molecular flexibility index (Phi) is 5.65. The van der Waals surface area contributed by atoms with Gasteiger partial charge in [0.1, 0.15) is 5.82 Å². The third-order valence-electron chi connectivity index (χ3n) is 5.35. The number of anilines is 1. The van der Waals surface area contributed by atoms with Gasteiger partial charge in [-0.2, -0.15) is 0 Å². The molecular formula is C23H28N4OS. The maximum Gasteiger partial charge on any atom is 0.228 e. The molecular weight excluding hydrogens is 380 g/mol. The van der Waals surface area contributed by atoms with Gasteiger partial charge in [-0.15, -0.1) is 11.3 Å². The van der Waals surface area contributed by atoms with Gasteiger partial charge in [0.25, 0.3) is 0 Å². The monoisotopic (exact) mass is 408 g/mol. The van der Waals surface area contributed by atoms with Crippen LogP contribution in [0.2, 0.25) is 0 Å². The van der Waals surface area contributed by atoms with Gasteiger partial charge >= 0.3 is 0 Å². The molecule has 1 aliphatic heterocycles. The fourth-order valence-corrected chi connectivity index (χ4v) is 4.59. The summed E-state index contributed by atoms with van der Waals surface area (Å²) in [6, 6.07) is 8.24. The third-order valence-corrected chi connectivity index (χ3v) is 6.17. The van der Waals surface area contributed by atoms with Crippen LogP contribution in [-0.2, 0) is 4.79 Å². The molecule has 29 heavy (non-hydrogen) atoms. The fraction of sp³-hybridized carbons (Fsp3) is 0.435. The molecule has 1 aromatic carbocycles. The lowest BCUT2D eigenvalue weighted by Gasteiger charge is -2.35. The lowest BCUT2D eigenvalue weighted by atomic mass is 9.91. The topological polar surface area (TPSA) is 58.1 Å². The zero-order valence-corrected chi connectivity index (χ0v) is 18.1. The molecule has 0 spiro atoms. The SMILES string of the molecule is CC(C)(C)CN1CCC(C(=O)Nc2cc3cc(-c4cncs4)ccc3cn2)CC1. The molecule has 0 aliphatic carbocycles. The van der Waals surface area contributed by atoms with Crippen molar-refractivity contribution in [1.82, 2.24) is 14.9 Å². The Balaban J connectivity index is 1.42. The summed E-state index contributed by atoms with van der Waals surface area (Å²) >= 11 is 1.62. The standard InChI is InChI=1S/C23H28N4OS/c1-23(2,3)14-27-8-6-16(7-9-27)22(28)26-21-11-19-10-17(20-13-24-15-29-20)4-5-18(19)12-25-21/h4-5,10-13,15-16H,6-9,14H2,1-3H3,(H,25,26,28). The van der Waals surface area contributed by atoms with Gasteiger partial charge in [0.2, 0.25) is 5.91 Å². The zero-order valence-electron chi connectivity index (χ0n) is 17.3. The highest BCUT2D eigenvalue weighted by molar-refractivity contribution is 7.13. The number of benzene rings is 1. The second-order valence-electron chi connectivity index (χ2n) is 9.10. The largest absolute Gasteiger partial charge is 0.310 e. The number of thiazole rings is 1. The summed E-state index contributed by atoms with van der Waals surface area (Å²) in [6.45, 7) is 9.83. The zero-order chi connectivity index (χ0) is 20.4. The first-order valence-electron chi connectivity index (χ1n) is 10.2. The summed E-state index contributed by atoms with van der Waals surface area (Å²) in [4.78, 5) is 25.0. The molecule has 6 heteroatoms. The second kappa shape index (κ2) is 8.20. The Bertz CT molecular complexity index is 986. The van der Waals surface area contributed by atoms with E-state index in [0.29, 0.717) is 11.2 Å². The first kappa shape index (κ1) is 20.0. The van der Waals surface area contributed by atoms with Crippen LogP contribution in [0.4, 0.5) is 5.82 Å². The van der Waals surface area contributed by atoms with E-state index in [-0.39, 0.29) is 11.8 Å². The number of hydrogen-bond donors (Lipinski definition) is 1. The number of carbonyl (C=O) groups excluding carboxylic acids is 1. The minimum absolute atomic E-state index is 0.0623. The van der Waals surface area contributed by atoms with Crippen LogP contribution in [-0.4, -0.2) is 40.4 Å². The fourth-order valence-electron chi connectivity index (χ4n) is 3.97. The second-order valence-corrected chi connectivity index (χ2v) is 9.98. The number of fused-ring (bicyclic) bond motifs is 1. The number of nitrogens with one attached hydrogen (secondary N) is 1. The van der Waals surface area contributed by atoms with Crippen LogP contribution in [0.1, 0.15) is 33.6 Å². The minimum Gasteiger partial charge on any atom is -0.310 e. The highest BCUT2D eigenvalue weighted by Crippen LogP contribution is 2.28. The van der Waals surface area contributed by atoms with E-state index >= 15 is 0 Å². The van der Waals surface area contributed by atoms with Gasteiger partial charge in [0.15, 0.2) is 0 Å². The van der Waals surface area contributed by atoms with Gasteiger partial charge < -0.3 is 10.2 Å². The molecule has 3 heterocycles. The van der Waals surface area contributed by atoms with Crippen molar-refractivity contribution in [3.8, 4) is 10.4 Å². The van der Waals surface area contributed by atoms with E-state index in [1.165, 1.54) is 0 Å². The number of pyridine rings is 1. The first-order chi connectivity index (χ1) is 13.9. The molecule has 1 fully saturated rings. The molecule has 5 nitrogen and oxygen atoms in total. The van der Waals surface area contributed by atoms with Crippen molar-refractivity contribution >= 4 is 33.8 Å². The average Bonchev–Trinajstić information content (AvgIpc) is 3.21. The van der Waals surface area contributed by atoms with Gasteiger partial charge in [-0.1, -0.05) is 32.9 Å². The van der Waals surface area contributed by atoms with Crippen molar-refractivity contribution < 1.29 is 4.79 Å². The van der Waals surface area contributed by atoms with Crippen molar-refractivity contribution in [2.45, 2.75) is 33.6 Å². The van der Waals surface area contributed by atoms with E-state index < -0.39 is 0 Å². The number of amides is 1. The van der Waals surface area contributed by atoms with Crippen LogP contribution in [0.15, 0.2) is 42.2 Å². The first-order valence-corrected chi connectivity index (χ1v) is 11.1. The minimum atomic E-state index is 0.0623. The van der Waals surface area contributed by atoms with Gasteiger partial charge in [-0.3, -0.25) is 9.78 Å². The molecule has 2 aromatic heterocycles. The molecule has 3 aromatic rings. The Morgan fingerprint density at radius 3 is 2.66 bits per heavy atom. The predicted molar refractivity (Wildman–Crippen MR) is 120 cm³/mol. The Morgan fingerprint density at radius 2 is 1.97 bits per heavy atom. The quantitative estimate of drug-likeness (QED) is 0.656. The number of nitrogens with zero attached hydrogens (tertiary/aromatic N) is 3. The Labute approximate surface area is 176 Å². The highest BCUT2D eigenvalue weighted by Gasteiger charge is 2.27. The van der Waals surface area contributed by atoms with Crippen molar-refractivity contribution in [3.63, 3.8) is 0 Å². The maximum absolute atomic E-state index is 12.8. The summed E-state index contributed by atoms with van der Waals surface area (Å²) < 4.78 is 0. The molecule has 0 atom stereocenters. The van der Waals surface area contributed by atoms with Crippen molar-refractivity contribution in [3.05, 3.63) is 42.2 Å². The van der Waals surface area contributed by atoms with E-state index in [2.05, 4.69) is 59.2 Å². The number of hydrogen-bond acceptors (Lipinski definition) is 5. The van der Waals surface area contributed by atoms with Crippen LogP contribution < -0.4 is 5.32 Å². The Morgan fingerprint density at radius 1 is 1.17 bits per heavy atom. The van der Waals surface area contributed by atoms with Gasteiger partial charge in [-0.25, -0.2) is 4.98 Å². The molecule has 0 bridgehead atoms. The molecule has 0 unspecified atom stereocenters.